The van der Waals surface area contributed by atoms with E-state index in [0.717, 1.165) is 5.69 Å². The molecular formula is C14H18ClNO3. The first kappa shape index (κ1) is 14.2. The van der Waals surface area contributed by atoms with Gasteiger partial charge in [0.1, 0.15) is 0 Å². The minimum atomic E-state index is -0.457. The molecule has 5 heteroatoms. The van der Waals surface area contributed by atoms with Crippen molar-refractivity contribution in [1.29, 1.82) is 0 Å². The maximum Gasteiger partial charge on any atom is 0.339 e. The van der Waals surface area contributed by atoms with Crippen LogP contribution in [0.1, 0.15) is 30.6 Å². The molecule has 2 unspecified atom stereocenters. The molecule has 2 atom stereocenters. The van der Waals surface area contributed by atoms with Gasteiger partial charge in [0.15, 0.2) is 0 Å². The highest BCUT2D eigenvalue weighted by atomic mass is 35.5. The molecule has 1 saturated carbocycles. The van der Waals surface area contributed by atoms with E-state index in [4.69, 9.17) is 11.6 Å². The number of hydrogen-bond donors (Lipinski definition) is 2. The Balaban J connectivity index is 2.16. The Labute approximate surface area is 117 Å². The molecule has 0 amide bonds. The van der Waals surface area contributed by atoms with E-state index in [1.54, 1.807) is 12.1 Å². The number of rotatable bonds is 3. The van der Waals surface area contributed by atoms with E-state index in [2.05, 4.69) is 10.1 Å². The molecule has 1 fully saturated rings. The number of aliphatic hydroxyl groups excluding tert-OH is 1. The van der Waals surface area contributed by atoms with Gasteiger partial charge in [0.25, 0.3) is 0 Å². The number of ether oxygens (including phenoxy) is 1. The van der Waals surface area contributed by atoms with Crippen molar-refractivity contribution >= 4 is 23.3 Å². The van der Waals surface area contributed by atoms with Gasteiger partial charge in [0, 0.05) is 17.1 Å². The Morgan fingerprint density at radius 3 is 2.74 bits per heavy atom. The molecule has 104 valence electrons. The summed E-state index contributed by atoms with van der Waals surface area (Å²) in [4.78, 5) is 11.6. The molecule has 1 aliphatic rings. The van der Waals surface area contributed by atoms with Crippen LogP contribution in [0.2, 0.25) is 5.02 Å². The molecule has 4 nitrogen and oxygen atoms in total. The molecule has 1 aromatic rings. The average Bonchev–Trinajstić information content (AvgIpc) is 2.39. The number of carbonyl (C=O) groups is 1. The van der Waals surface area contributed by atoms with Gasteiger partial charge in [0.2, 0.25) is 0 Å². The highest BCUT2D eigenvalue weighted by Crippen LogP contribution is 2.42. The van der Waals surface area contributed by atoms with Crippen LogP contribution >= 0.6 is 11.6 Å². The third kappa shape index (κ3) is 2.55. The van der Waals surface area contributed by atoms with Crippen LogP contribution in [-0.4, -0.2) is 30.3 Å². The summed E-state index contributed by atoms with van der Waals surface area (Å²) in [7, 11) is 1.32. The van der Waals surface area contributed by atoms with Gasteiger partial charge in [0.05, 0.1) is 23.8 Å². The number of anilines is 1. The molecule has 0 heterocycles. The second kappa shape index (κ2) is 5.02. The normalized spacial score (nSPS) is 24.5. The van der Waals surface area contributed by atoms with E-state index in [1.165, 1.54) is 7.11 Å². The highest BCUT2D eigenvalue weighted by Gasteiger charge is 2.47. The van der Waals surface area contributed by atoms with Crippen LogP contribution in [0.15, 0.2) is 18.2 Å². The van der Waals surface area contributed by atoms with Crippen molar-refractivity contribution in [3.05, 3.63) is 28.8 Å². The second-order valence-corrected chi connectivity index (χ2v) is 5.86. The highest BCUT2D eigenvalue weighted by molar-refractivity contribution is 6.33. The molecule has 1 aromatic carbocycles. The van der Waals surface area contributed by atoms with Crippen LogP contribution in [0, 0.1) is 5.41 Å². The van der Waals surface area contributed by atoms with Crippen molar-refractivity contribution in [3.63, 3.8) is 0 Å². The minimum Gasteiger partial charge on any atom is -0.465 e. The largest absolute Gasteiger partial charge is 0.465 e. The van der Waals surface area contributed by atoms with Crippen molar-refractivity contribution in [3.8, 4) is 0 Å². The molecule has 2 N–H and O–H groups in total. The quantitative estimate of drug-likeness (QED) is 0.838. The summed E-state index contributed by atoms with van der Waals surface area (Å²) in [5.74, 6) is -0.457. The zero-order chi connectivity index (χ0) is 14.2. The molecule has 0 aliphatic heterocycles. The standard InChI is InChI=1S/C14H18ClNO3/c1-14(2)11(7-12(14)17)16-8-4-5-10(15)9(6-8)13(18)19-3/h4-6,11-12,16-17H,7H2,1-3H3. The lowest BCUT2D eigenvalue weighted by atomic mass is 9.64. The summed E-state index contributed by atoms with van der Waals surface area (Å²) in [6, 6.07) is 5.33. The van der Waals surface area contributed by atoms with Crippen LogP contribution in [0.4, 0.5) is 5.69 Å². The number of aliphatic hydroxyl groups is 1. The smallest absolute Gasteiger partial charge is 0.339 e. The fourth-order valence-electron chi connectivity index (χ4n) is 2.23. The van der Waals surface area contributed by atoms with Gasteiger partial charge >= 0.3 is 5.97 Å². The second-order valence-electron chi connectivity index (χ2n) is 5.46. The molecular weight excluding hydrogens is 266 g/mol. The molecule has 0 aromatic heterocycles. The summed E-state index contributed by atoms with van der Waals surface area (Å²) < 4.78 is 4.68. The van der Waals surface area contributed by atoms with Gasteiger partial charge < -0.3 is 15.2 Å². The van der Waals surface area contributed by atoms with Crippen LogP contribution in [0.5, 0.6) is 0 Å². The van der Waals surface area contributed by atoms with Gasteiger partial charge in [-0.1, -0.05) is 25.4 Å². The van der Waals surface area contributed by atoms with Gasteiger partial charge in [-0.3, -0.25) is 0 Å². The SMILES string of the molecule is COC(=O)c1cc(NC2CC(O)C2(C)C)ccc1Cl. The molecule has 19 heavy (non-hydrogen) atoms. The first-order chi connectivity index (χ1) is 8.86. The van der Waals surface area contributed by atoms with Crippen LogP contribution in [0.25, 0.3) is 0 Å². The summed E-state index contributed by atoms with van der Waals surface area (Å²) in [6.45, 7) is 4.02. The van der Waals surface area contributed by atoms with Gasteiger partial charge in [-0.05, 0) is 24.6 Å². The summed E-state index contributed by atoms with van der Waals surface area (Å²) in [5.41, 5.74) is 0.965. The zero-order valence-corrected chi connectivity index (χ0v) is 12.0. The Hall–Kier alpha value is -1.26. The molecule has 0 radical (unpaired) electrons. The lowest BCUT2D eigenvalue weighted by molar-refractivity contribution is -0.0510. The Bertz CT molecular complexity index is 501. The number of carbonyl (C=O) groups excluding carboxylic acids is 1. The van der Waals surface area contributed by atoms with Crippen LogP contribution in [-0.2, 0) is 4.74 Å². The van der Waals surface area contributed by atoms with E-state index in [1.807, 2.05) is 19.9 Å². The van der Waals surface area contributed by atoms with Crippen molar-refractivity contribution in [2.24, 2.45) is 5.41 Å². The summed E-state index contributed by atoms with van der Waals surface area (Å²) in [6.07, 6.45) is 0.404. The first-order valence-electron chi connectivity index (χ1n) is 6.18. The average molecular weight is 284 g/mol. The first-order valence-corrected chi connectivity index (χ1v) is 6.56. The van der Waals surface area contributed by atoms with Crippen molar-refractivity contribution in [2.75, 3.05) is 12.4 Å². The van der Waals surface area contributed by atoms with E-state index in [0.29, 0.717) is 17.0 Å². The van der Waals surface area contributed by atoms with E-state index in [9.17, 15) is 9.90 Å². The lowest BCUT2D eigenvalue weighted by Crippen LogP contribution is -2.56. The number of hydrogen-bond acceptors (Lipinski definition) is 4. The van der Waals surface area contributed by atoms with Crippen LogP contribution in [0.3, 0.4) is 0 Å². The molecule has 0 spiro atoms. The number of methoxy groups -OCH3 is 1. The van der Waals surface area contributed by atoms with Crippen molar-refractivity contribution < 1.29 is 14.6 Å². The Morgan fingerprint density at radius 1 is 1.53 bits per heavy atom. The van der Waals surface area contributed by atoms with Gasteiger partial charge in [-0.2, -0.15) is 0 Å². The van der Waals surface area contributed by atoms with Gasteiger partial charge in [-0.25, -0.2) is 4.79 Å². The maximum absolute atomic E-state index is 11.6. The predicted molar refractivity (Wildman–Crippen MR) is 74.6 cm³/mol. The molecule has 0 bridgehead atoms. The monoisotopic (exact) mass is 283 g/mol. The summed E-state index contributed by atoms with van der Waals surface area (Å²) >= 11 is 5.96. The Morgan fingerprint density at radius 2 is 2.21 bits per heavy atom. The molecule has 0 saturated heterocycles. The van der Waals surface area contributed by atoms with Crippen molar-refractivity contribution in [1.82, 2.24) is 0 Å². The van der Waals surface area contributed by atoms with Crippen LogP contribution < -0.4 is 5.32 Å². The molecule has 2 rings (SSSR count). The van der Waals surface area contributed by atoms with Gasteiger partial charge in [-0.15, -0.1) is 0 Å². The number of halogens is 1. The number of nitrogens with one attached hydrogen (secondary N) is 1. The number of benzene rings is 1. The van der Waals surface area contributed by atoms with Crippen molar-refractivity contribution in [2.45, 2.75) is 32.4 Å². The topological polar surface area (TPSA) is 58.6 Å². The van der Waals surface area contributed by atoms with E-state index in [-0.39, 0.29) is 17.6 Å². The fraction of sp³-hybridized carbons (Fsp3) is 0.500. The minimum absolute atomic E-state index is 0.175. The third-order valence-electron chi connectivity index (χ3n) is 3.93. The van der Waals surface area contributed by atoms with E-state index >= 15 is 0 Å². The fourth-order valence-corrected chi connectivity index (χ4v) is 2.42. The van der Waals surface area contributed by atoms with E-state index < -0.39 is 5.97 Å². The summed E-state index contributed by atoms with van der Waals surface area (Å²) in [5, 5.41) is 13.4. The lowest BCUT2D eigenvalue weighted by Gasteiger charge is -2.49. The predicted octanol–water partition coefficient (Wildman–Crippen LogP) is 2.70. The number of esters is 1. The zero-order valence-electron chi connectivity index (χ0n) is 11.2. The molecule has 1 aliphatic carbocycles. The third-order valence-corrected chi connectivity index (χ3v) is 4.26. The Kier molecular flexibility index (Phi) is 3.74. The maximum atomic E-state index is 11.6.